The molecular weight excluding hydrogens is 678 g/mol. The molecule has 2 saturated carbocycles. The molecular formula is C29H45BrClN5O9. The Kier molecular flexibility index (Phi) is 14.6. The smallest absolute Gasteiger partial charge is 0.416 e. The third-order valence-electron chi connectivity index (χ3n) is 8.12. The van der Waals surface area contributed by atoms with Crippen LogP contribution in [0.1, 0.15) is 65.7 Å². The van der Waals surface area contributed by atoms with Crippen LogP contribution in [-0.2, 0) is 28.6 Å². The first kappa shape index (κ1) is 36.8. The number of guanidine groups is 1. The van der Waals surface area contributed by atoms with Crippen molar-refractivity contribution in [1.82, 2.24) is 20.4 Å². The van der Waals surface area contributed by atoms with Crippen molar-refractivity contribution in [3.8, 4) is 0 Å². The summed E-state index contributed by atoms with van der Waals surface area (Å²) in [5.41, 5.74) is 0. The molecule has 45 heavy (non-hydrogen) atoms. The highest BCUT2D eigenvalue weighted by Gasteiger charge is 2.41. The summed E-state index contributed by atoms with van der Waals surface area (Å²) < 4.78 is 15.4. The Labute approximate surface area is 277 Å². The number of ether oxygens (including phenoxy) is 3. The van der Waals surface area contributed by atoms with Crippen LogP contribution in [0, 0.1) is 11.8 Å². The van der Waals surface area contributed by atoms with Gasteiger partial charge in [0.25, 0.3) is 0 Å². The number of aliphatic imine (C=N–C) groups is 1. The number of carbonyl (C=O) groups excluding carboxylic acids is 5. The zero-order chi connectivity index (χ0) is 33.1. The fourth-order valence-electron chi connectivity index (χ4n) is 5.98. The van der Waals surface area contributed by atoms with E-state index >= 15 is 0 Å². The molecule has 3 aliphatic rings. The van der Waals surface area contributed by atoms with Crippen LogP contribution in [-0.4, -0.2) is 119 Å². The number of aliphatic hydroxyl groups is 1. The number of nitrogens with one attached hydrogen (secondary N) is 2. The van der Waals surface area contributed by atoms with Gasteiger partial charge in [-0.1, -0.05) is 22.4 Å². The third-order valence-corrected chi connectivity index (χ3v) is 9.39. The third kappa shape index (κ3) is 10.4. The van der Waals surface area contributed by atoms with Gasteiger partial charge >= 0.3 is 18.2 Å². The van der Waals surface area contributed by atoms with Crippen molar-refractivity contribution in [3.05, 3.63) is 0 Å². The minimum absolute atomic E-state index is 0.139. The summed E-state index contributed by atoms with van der Waals surface area (Å²) in [5.74, 6) is -2.15. The largest absolute Gasteiger partial charge is 0.466 e. The normalized spacial score (nSPS) is 27.3. The summed E-state index contributed by atoms with van der Waals surface area (Å²) in [5, 5.41) is 16.0. The molecule has 3 fully saturated rings. The molecule has 0 bridgehead atoms. The molecule has 7 unspecified atom stereocenters. The Morgan fingerprint density at radius 2 is 1.60 bits per heavy atom. The lowest BCUT2D eigenvalue weighted by Gasteiger charge is -2.39. The number of hydrogen-bond acceptors (Lipinski definition) is 10. The Bertz CT molecular complexity index is 1070. The highest BCUT2D eigenvalue weighted by molar-refractivity contribution is 9.09. The average Bonchev–Trinajstić information content (AvgIpc) is 3.41. The average molecular weight is 723 g/mol. The van der Waals surface area contributed by atoms with E-state index in [2.05, 4.69) is 26.6 Å². The van der Waals surface area contributed by atoms with E-state index in [9.17, 15) is 29.1 Å². The van der Waals surface area contributed by atoms with Gasteiger partial charge in [0, 0.05) is 28.1 Å². The lowest BCUT2D eigenvalue weighted by molar-refractivity contribution is -0.144. The van der Waals surface area contributed by atoms with Crippen LogP contribution in [0.15, 0.2) is 4.99 Å². The molecule has 1 aliphatic heterocycles. The van der Waals surface area contributed by atoms with E-state index in [4.69, 9.17) is 30.8 Å². The Morgan fingerprint density at radius 3 is 2.20 bits per heavy atom. The molecule has 7 atom stereocenters. The molecule has 2 aliphatic carbocycles. The number of alkyl halides is 2. The molecule has 4 amide bonds. The van der Waals surface area contributed by atoms with Crippen molar-refractivity contribution in [3.63, 3.8) is 0 Å². The van der Waals surface area contributed by atoms with Crippen molar-refractivity contribution in [2.24, 2.45) is 16.8 Å². The molecule has 1 heterocycles. The van der Waals surface area contributed by atoms with Crippen LogP contribution in [0.4, 0.5) is 9.59 Å². The lowest BCUT2D eigenvalue weighted by Crippen LogP contribution is -2.53. The Balaban J connectivity index is 1.63. The van der Waals surface area contributed by atoms with Gasteiger partial charge in [-0.3, -0.25) is 14.4 Å². The van der Waals surface area contributed by atoms with Crippen molar-refractivity contribution in [2.75, 3.05) is 39.5 Å². The van der Waals surface area contributed by atoms with E-state index in [1.165, 1.54) is 9.80 Å². The van der Waals surface area contributed by atoms with E-state index in [1.807, 2.05) is 0 Å². The van der Waals surface area contributed by atoms with Crippen LogP contribution in [0.25, 0.3) is 0 Å². The molecule has 0 aromatic heterocycles. The molecule has 0 aromatic rings. The highest BCUT2D eigenvalue weighted by Crippen LogP contribution is 2.35. The van der Waals surface area contributed by atoms with Gasteiger partial charge in [-0.25, -0.2) is 24.4 Å². The molecule has 0 spiro atoms. The van der Waals surface area contributed by atoms with Gasteiger partial charge < -0.3 is 30.0 Å². The highest BCUT2D eigenvalue weighted by atomic mass is 79.9. The van der Waals surface area contributed by atoms with Gasteiger partial charge in [0.2, 0.25) is 17.8 Å². The fourth-order valence-corrected chi connectivity index (χ4v) is 7.44. The second-order valence-electron chi connectivity index (χ2n) is 11.3. The number of amides is 4. The monoisotopic (exact) mass is 721 g/mol. The van der Waals surface area contributed by atoms with Crippen molar-refractivity contribution < 1.29 is 43.3 Å². The maximum Gasteiger partial charge on any atom is 0.416 e. The zero-order valence-corrected chi connectivity index (χ0v) is 28.4. The van der Waals surface area contributed by atoms with Gasteiger partial charge in [0.1, 0.15) is 0 Å². The Morgan fingerprint density at radius 1 is 0.978 bits per heavy atom. The van der Waals surface area contributed by atoms with Crippen LogP contribution in [0.3, 0.4) is 0 Å². The van der Waals surface area contributed by atoms with Gasteiger partial charge in [-0.2, -0.15) is 0 Å². The van der Waals surface area contributed by atoms with Crippen LogP contribution >= 0.6 is 27.5 Å². The van der Waals surface area contributed by atoms with Crippen molar-refractivity contribution >= 4 is 63.5 Å². The van der Waals surface area contributed by atoms with Gasteiger partial charge in [-0.05, 0) is 52.9 Å². The predicted molar refractivity (Wildman–Crippen MR) is 168 cm³/mol. The number of carbonyl (C=O) groups is 5. The molecule has 0 aromatic carbocycles. The molecule has 254 valence electrons. The summed E-state index contributed by atoms with van der Waals surface area (Å²) in [6, 6.07) is -1.09. The number of hydrogen-bond donors (Lipinski definition) is 3. The van der Waals surface area contributed by atoms with E-state index in [-0.39, 0.29) is 74.0 Å². The molecule has 0 radical (unpaired) electrons. The second kappa shape index (κ2) is 17.9. The maximum atomic E-state index is 13.1. The van der Waals surface area contributed by atoms with Gasteiger partial charge in [0.05, 0.1) is 58.0 Å². The number of esters is 1. The SMILES string of the molecule is CCOC(=O)CC(NC(=O)CNC(=O)C1CCCC(N=C2N(C(=O)OCC)CCN2C(=O)OCC)C1)C1CC(Cl)CC(Br)C1O. The van der Waals surface area contributed by atoms with Gasteiger partial charge in [-0.15, -0.1) is 11.6 Å². The summed E-state index contributed by atoms with van der Waals surface area (Å²) >= 11 is 9.84. The van der Waals surface area contributed by atoms with Crippen LogP contribution in [0.2, 0.25) is 0 Å². The zero-order valence-electron chi connectivity index (χ0n) is 26.0. The molecule has 3 rings (SSSR count). The minimum Gasteiger partial charge on any atom is -0.466 e. The summed E-state index contributed by atoms with van der Waals surface area (Å²) in [6.07, 6.45) is 0.998. The lowest BCUT2D eigenvalue weighted by atomic mass is 9.80. The summed E-state index contributed by atoms with van der Waals surface area (Å²) in [6.45, 7) is 5.65. The maximum absolute atomic E-state index is 13.1. The van der Waals surface area contributed by atoms with Crippen molar-refractivity contribution in [2.45, 2.75) is 94.1 Å². The topological polar surface area (TPSA) is 176 Å². The first-order valence-electron chi connectivity index (χ1n) is 15.6. The number of nitrogens with zero attached hydrogens (tertiary/aromatic N) is 3. The molecule has 16 heteroatoms. The van der Waals surface area contributed by atoms with Crippen molar-refractivity contribution in [1.29, 1.82) is 0 Å². The standard InChI is InChI=1S/C29H45BrClN5O9/c1-4-43-24(38)15-22(20-13-18(31)14-21(30)25(20)39)34-23(37)16-32-26(40)17-8-7-9-19(12-17)33-27-35(28(41)44-5-2)10-11-36(27)29(42)45-6-3/h17-22,25,39H,4-16H2,1-3H3,(H,32,40)(H,34,37). The van der Waals surface area contributed by atoms with Crippen LogP contribution in [0.5, 0.6) is 0 Å². The number of rotatable bonds is 11. The van der Waals surface area contributed by atoms with E-state index in [0.717, 1.165) is 0 Å². The van der Waals surface area contributed by atoms with E-state index in [1.54, 1.807) is 20.8 Å². The van der Waals surface area contributed by atoms with Gasteiger partial charge in [0.15, 0.2) is 0 Å². The first-order valence-corrected chi connectivity index (χ1v) is 17.0. The predicted octanol–water partition coefficient (Wildman–Crippen LogP) is 2.53. The van der Waals surface area contributed by atoms with E-state index < -0.39 is 48.0 Å². The first-order chi connectivity index (χ1) is 21.5. The molecule has 3 N–H and O–H groups in total. The van der Waals surface area contributed by atoms with Crippen LogP contribution < -0.4 is 10.6 Å². The van der Waals surface area contributed by atoms with E-state index in [0.29, 0.717) is 38.5 Å². The Hall–Kier alpha value is -2.65. The summed E-state index contributed by atoms with van der Waals surface area (Å²) in [7, 11) is 0. The minimum atomic E-state index is -0.838. The number of aliphatic hydroxyl groups excluding tert-OH is 1. The molecule has 1 saturated heterocycles. The fraction of sp³-hybridized carbons (Fsp3) is 0.793. The number of halogens is 2. The molecule has 14 nitrogen and oxygen atoms in total. The second-order valence-corrected chi connectivity index (χ2v) is 13.1. The summed E-state index contributed by atoms with van der Waals surface area (Å²) in [4.78, 5) is 70.6. The quantitative estimate of drug-likeness (QED) is 0.164.